The van der Waals surface area contributed by atoms with Gasteiger partial charge in [-0.3, -0.25) is 4.90 Å². The predicted molar refractivity (Wildman–Crippen MR) is 50.7 cm³/mol. The molecule has 3 nitrogen and oxygen atoms in total. The summed E-state index contributed by atoms with van der Waals surface area (Å²) in [5.41, 5.74) is 0. The fraction of sp³-hybridized carbons (Fsp3) is 0.700. The average Bonchev–Trinajstić information content (AvgIpc) is 2.18. The second-order valence-electron chi connectivity index (χ2n) is 3.31. The highest BCUT2D eigenvalue weighted by Crippen LogP contribution is 2.24. The molecule has 1 aliphatic rings. The van der Waals surface area contributed by atoms with Gasteiger partial charge in [-0.2, -0.15) is 5.26 Å². The maximum atomic E-state index is 8.95. The zero-order valence-electron chi connectivity index (χ0n) is 8.07. The molecule has 0 amide bonds. The number of hydrogen-bond acceptors (Lipinski definition) is 3. The van der Waals surface area contributed by atoms with Crippen LogP contribution in [0.15, 0.2) is 12.7 Å². The van der Waals surface area contributed by atoms with E-state index in [1.807, 2.05) is 6.08 Å². The van der Waals surface area contributed by atoms with Gasteiger partial charge in [0, 0.05) is 13.2 Å². The van der Waals surface area contributed by atoms with E-state index in [2.05, 4.69) is 12.8 Å². The predicted octanol–water partition coefficient (Wildman–Crippen LogP) is 1.87. The smallest absolute Gasteiger partial charge is 0.181 e. The fourth-order valence-electron chi connectivity index (χ4n) is 1.84. The summed E-state index contributed by atoms with van der Waals surface area (Å²) in [6.45, 7) is 3.70. The van der Waals surface area contributed by atoms with Crippen LogP contribution in [0.1, 0.15) is 25.7 Å². The van der Waals surface area contributed by atoms with Gasteiger partial charge >= 0.3 is 0 Å². The Balaban J connectivity index is 2.62. The minimum Gasteiger partial charge on any atom is -0.361 e. The first-order chi connectivity index (χ1) is 6.33. The van der Waals surface area contributed by atoms with Crippen LogP contribution < -0.4 is 0 Å². The van der Waals surface area contributed by atoms with Crippen LogP contribution in [0.25, 0.3) is 0 Å². The fourth-order valence-corrected chi connectivity index (χ4v) is 1.84. The van der Waals surface area contributed by atoms with Crippen LogP contribution in [-0.2, 0) is 4.74 Å². The van der Waals surface area contributed by atoms with Crippen molar-refractivity contribution in [2.45, 2.75) is 38.0 Å². The van der Waals surface area contributed by atoms with Crippen LogP contribution >= 0.6 is 0 Å². The summed E-state index contributed by atoms with van der Waals surface area (Å²) in [6.07, 6.45) is 8.07. The van der Waals surface area contributed by atoms with Gasteiger partial charge in [0.15, 0.2) is 6.19 Å². The molecule has 1 rings (SSSR count). The summed E-state index contributed by atoms with van der Waals surface area (Å²) in [6, 6.07) is 0.293. The number of methoxy groups -OCH3 is 1. The highest BCUT2D eigenvalue weighted by molar-refractivity contribution is 4.91. The average molecular weight is 180 g/mol. The SMILES string of the molecule is C=CCC1CCCC(OC)N1C#N. The van der Waals surface area contributed by atoms with Crippen molar-refractivity contribution in [3.8, 4) is 6.19 Å². The van der Waals surface area contributed by atoms with Crippen molar-refractivity contribution in [1.82, 2.24) is 4.90 Å². The number of likely N-dealkylation sites (tertiary alicyclic amines) is 1. The summed E-state index contributed by atoms with van der Waals surface area (Å²) in [4.78, 5) is 1.76. The molecule has 0 bridgehead atoms. The van der Waals surface area contributed by atoms with Crippen LogP contribution in [0, 0.1) is 11.5 Å². The van der Waals surface area contributed by atoms with Crippen LogP contribution in [0.3, 0.4) is 0 Å². The molecule has 1 fully saturated rings. The molecule has 2 atom stereocenters. The summed E-state index contributed by atoms with van der Waals surface area (Å²) in [7, 11) is 1.66. The van der Waals surface area contributed by atoms with Crippen molar-refractivity contribution in [3.63, 3.8) is 0 Å². The molecule has 1 aliphatic heterocycles. The van der Waals surface area contributed by atoms with Crippen molar-refractivity contribution in [2.75, 3.05) is 7.11 Å². The molecular formula is C10H16N2O. The van der Waals surface area contributed by atoms with Crippen LogP contribution in [0.5, 0.6) is 0 Å². The lowest BCUT2D eigenvalue weighted by molar-refractivity contribution is -0.0480. The maximum Gasteiger partial charge on any atom is 0.181 e. The van der Waals surface area contributed by atoms with E-state index < -0.39 is 0 Å². The van der Waals surface area contributed by atoms with E-state index in [-0.39, 0.29) is 6.23 Å². The van der Waals surface area contributed by atoms with Crippen LogP contribution in [-0.4, -0.2) is 24.3 Å². The molecule has 3 heteroatoms. The van der Waals surface area contributed by atoms with Gasteiger partial charge in [0.2, 0.25) is 0 Å². The first-order valence-electron chi connectivity index (χ1n) is 4.65. The molecule has 72 valence electrons. The topological polar surface area (TPSA) is 36.3 Å². The minimum absolute atomic E-state index is 0.0244. The first-order valence-corrected chi connectivity index (χ1v) is 4.65. The van der Waals surface area contributed by atoms with E-state index in [0.717, 1.165) is 25.7 Å². The number of hydrogen-bond donors (Lipinski definition) is 0. The Morgan fingerprint density at radius 2 is 2.46 bits per heavy atom. The number of nitrogens with zero attached hydrogens (tertiary/aromatic N) is 2. The van der Waals surface area contributed by atoms with Crippen LogP contribution in [0.2, 0.25) is 0 Å². The molecule has 0 spiro atoms. The normalized spacial score (nSPS) is 28.2. The zero-order chi connectivity index (χ0) is 9.68. The van der Waals surface area contributed by atoms with Crippen molar-refractivity contribution in [1.29, 1.82) is 5.26 Å². The third kappa shape index (κ3) is 2.22. The van der Waals surface area contributed by atoms with Crippen molar-refractivity contribution >= 4 is 0 Å². The summed E-state index contributed by atoms with van der Waals surface area (Å²) >= 11 is 0. The molecule has 0 saturated carbocycles. The van der Waals surface area contributed by atoms with Gasteiger partial charge in [0.05, 0.1) is 0 Å². The van der Waals surface area contributed by atoms with Crippen LogP contribution in [0.4, 0.5) is 0 Å². The minimum atomic E-state index is -0.0244. The van der Waals surface area contributed by atoms with Gasteiger partial charge in [-0.05, 0) is 25.7 Å². The Hall–Kier alpha value is -1.01. The second-order valence-corrected chi connectivity index (χ2v) is 3.31. The molecular weight excluding hydrogens is 164 g/mol. The summed E-state index contributed by atoms with van der Waals surface area (Å²) in [5.74, 6) is 0. The molecule has 2 unspecified atom stereocenters. The Kier molecular flexibility index (Phi) is 3.78. The van der Waals surface area contributed by atoms with Gasteiger partial charge in [0.25, 0.3) is 0 Å². The van der Waals surface area contributed by atoms with Gasteiger partial charge in [-0.25, -0.2) is 0 Å². The molecule has 0 aromatic carbocycles. The second kappa shape index (κ2) is 4.88. The zero-order valence-corrected chi connectivity index (χ0v) is 8.07. The maximum absolute atomic E-state index is 8.95. The molecule has 0 N–H and O–H groups in total. The molecule has 0 radical (unpaired) electrons. The van der Waals surface area contributed by atoms with Crippen molar-refractivity contribution < 1.29 is 4.74 Å². The van der Waals surface area contributed by atoms with E-state index in [0.29, 0.717) is 6.04 Å². The van der Waals surface area contributed by atoms with E-state index in [9.17, 15) is 0 Å². The molecule has 0 aromatic heterocycles. The Morgan fingerprint density at radius 1 is 1.69 bits per heavy atom. The number of piperidine rings is 1. The Bertz CT molecular complexity index is 209. The molecule has 1 saturated heterocycles. The lowest BCUT2D eigenvalue weighted by atomic mass is 9.99. The Labute approximate surface area is 79.6 Å². The van der Waals surface area contributed by atoms with Gasteiger partial charge in [-0.1, -0.05) is 6.08 Å². The summed E-state index contributed by atoms with van der Waals surface area (Å²) < 4.78 is 5.24. The standard InChI is InChI=1S/C10H16N2O/c1-3-5-9-6-4-7-10(13-2)12(9)8-11/h3,9-10H,1,4-7H2,2H3. The number of ether oxygens (including phenoxy) is 1. The van der Waals surface area contributed by atoms with Gasteiger partial charge in [0.1, 0.15) is 6.23 Å². The summed E-state index contributed by atoms with van der Waals surface area (Å²) in [5, 5.41) is 8.95. The molecule has 1 heterocycles. The lowest BCUT2D eigenvalue weighted by Crippen LogP contribution is -2.44. The van der Waals surface area contributed by atoms with E-state index in [4.69, 9.17) is 10.00 Å². The molecule has 0 aromatic rings. The van der Waals surface area contributed by atoms with E-state index >= 15 is 0 Å². The van der Waals surface area contributed by atoms with E-state index in [1.165, 1.54) is 0 Å². The largest absolute Gasteiger partial charge is 0.361 e. The Morgan fingerprint density at radius 3 is 3.00 bits per heavy atom. The van der Waals surface area contributed by atoms with Gasteiger partial charge < -0.3 is 4.74 Å². The van der Waals surface area contributed by atoms with Crippen molar-refractivity contribution in [2.24, 2.45) is 0 Å². The quantitative estimate of drug-likeness (QED) is 0.491. The highest BCUT2D eigenvalue weighted by atomic mass is 16.5. The van der Waals surface area contributed by atoms with E-state index in [1.54, 1.807) is 12.0 Å². The number of rotatable bonds is 3. The highest BCUT2D eigenvalue weighted by Gasteiger charge is 2.28. The third-order valence-electron chi connectivity index (χ3n) is 2.52. The molecule has 0 aliphatic carbocycles. The first kappa shape index (κ1) is 10.1. The van der Waals surface area contributed by atoms with Crippen molar-refractivity contribution in [3.05, 3.63) is 12.7 Å². The molecule has 13 heavy (non-hydrogen) atoms. The third-order valence-corrected chi connectivity index (χ3v) is 2.52. The monoisotopic (exact) mass is 180 g/mol. The number of nitriles is 1. The lowest BCUT2D eigenvalue weighted by Gasteiger charge is -2.36. The van der Waals surface area contributed by atoms with Gasteiger partial charge in [-0.15, -0.1) is 6.58 Å².